The lowest BCUT2D eigenvalue weighted by atomic mass is 9.85. The van der Waals surface area contributed by atoms with Gasteiger partial charge in [0.2, 0.25) is 5.91 Å². The summed E-state index contributed by atoms with van der Waals surface area (Å²) in [5.41, 5.74) is -2.28. The van der Waals surface area contributed by atoms with E-state index in [4.69, 9.17) is 4.74 Å². The summed E-state index contributed by atoms with van der Waals surface area (Å²) in [5, 5.41) is 6.09. The van der Waals surface area contributed by atoms with E-state index < -0.39 is 44.6 Å². The summed E-state index contributed by atoms with van der Waals surface area (Å²) in [4.78, 5) is 41.5. The fourth-order valence-electron chi connectivity index (χ4n) is 4.94. The summed E-state index contributed by atoms with van der Waals surface area (Å²) in [5.74, 6) is -0.206. The molecule has 40 heavy (non-hydrogen) atoms. The summed E-state index contributed by atoms with van der Waals surface area (Å²) in [6.07, 6.45) is 1.09. The first kappa shape index (κ1) is 31.9. The Bertz CT molecular complexity index is 1180. The zero-order valence-corrected chi connectivity index (χ0v) is 25.9. The maximum atomic E-state index is 14.0. The first-order chi connectivity index (χ1) is 18.3. The summed E-state index contributed by atoms with van der Waals surface area (Å²) in [6.45, 7) is 16.1. The fourth-order valence-corrected chi connectivity index (χ4v) is 6.01. The average molecular weight is 579 g/mol. The molecule has 1 aliphatic heterocycles. The molecule has 11 heteroatoms. The number of carbonyl (C=O) groups is 3. The minimum Gasteiger partial charge on any atom is -0.444 e. The molecule has 0 radical (unpaired) electrons. The molecular weight excluding hydrogens is 532 g/mol. The van der Waals surface area contributed by atoms with E-state index in [-0.39, 0.29) is 22.8 Å². The van der Waals surface area contributed by atoms with E-state index in [1.165, 1.54) is 12.1 Å². The maximum Gasteiger partial charge on any atom is 0.408 e. The van der Waals surface area contributed by atoms with E-state index in [2.05, 4.69) is 29.2 Å². The number of carbonyl (C=O) groups excluding carboxylic acids is 3. The Kier molecular flexibility index (Phi) is 9.30. The van der Waals surface area contributed by atoms with Crippen LogP contribution in [0.5, 0.6) is 0 Å². The molecule has 10 nitrogen and oxygen atoms in total. The lowest BCUT2D eigenvalue weighted by Gasteiger charge is -2.36. The minimum atomic E-state index is -3.99. The summed E-state index contributed by atoms with van der Waals surface area (Å²) in [7, 11) is -3.99. The fraction of sp³-hybridized carbons (Fsp3) is 0.690. The van der Waals surface area contributed by atoms with Crippen LogP contribution in [0.1, 0.15) is 74.7 Å². The van der Waals surface area contributed by atoms with Gasteiger partial charge in [0.1, 0.15) is 11.6 Å². The van der Waals surface area contributed by atoms with Crippen molar-refractivity contribution in [2.75, 3.05) is 13.1 Å². The first-order valence-electron chi connectivity index (χ1n) is 14.0. The lowest BCUT2D eigenvalue weighted by Crippen LogP contribution is -2.58. The largest absolute Gasteiger partial charge is 0.444 e. The molecule has 1 aromatic carbocycles. The van der Waals surface area contributed by atoms with Crippen molar-refractivity contribution >= 4 is 27.9 Å². The molecule has 224 valence electrons. The van der Waals surface area contributed by atoms with Crippen molar-refractivity contribution < 1.29 is 27.5 Å². The number of nitrogens with one attached hydrogen (secondary N) is 3. The minimum absolute atomic E-state index is 0.0252. The van der Waals surface area contributed by atoms with Crippen molar-refractivity contribution in [3.8, 4) is 0 Å². The molecule has 1 heterocycles. The van der Waals surface area contributed by atoms with Crippen LogP contribution < -0.4 is 15.4 Å². The van der Waals surface area contributed by atoms with E-state index in [0.717, 1.165) is 6.42 Å². The lowest BCUT2D eigenvalue weighted by molar-refractivity contribution is -0.137. The molecule has 2 fully saturated rings. The van der Waals surface area contributed by atoms with Gasteiger partial charge in [-0.2, -0.15) is 0 Å². The number of amides is 3. The van der Waals surface area contributed by atoms with Crippen LogP contribution in [-0.2, 0) is 24.3 Å². The van der Waals surface area contributed by atoms with Gasteiger partial charge < -0.3 is 20.3 Å². The Morgan fingerprint density at radius 1 is 1.05 bits per heavy atom. The number of alkyl carbamates (subject to hydrolysis) is 1. The highest BCUT2D eigenvalue weighted by Crippen LogP contribution is 2.37. The summed E-state index contributed by atoms with van der Waals surface area (Å²) >= 11 is 0. The standard InChI is InChI=1S/C29H46N4O6S/c1-19(2)20-16-21(33(18-20)24(34)23(27(3,4)5)31-26(36)39-28(6,7)8)17-30-29(14-15-29)25(35)32-40(37,38)22-12-10-9-11-13-22/h9-13,19-21,23,30H,14-18H2,1-8H3,(H,31,36)(H,32,35)/t20-,21+,23-/m1/s1. The molecule has 1 saturated heterocycles. The molecule has 0 spiro atoms. The van der Waals surface area contributed by atoms with E-state index in [1.807, 2.05) is 20.8 Å². The number of hydrogen-bond donors (Lipinski definition) is 3. The Hall–Kier alpha value is -2.66. The van der Waals surface area contributed by atoms with Gasteiger partial charge in [0.25, 0.3) is 15.9 Å². The third-order valence-electron chi connectivity index (χ3n) is 7.59. The molecule has 3 N–H and O–H groups in total. The third kappa shape index (κ3) is 7.96. The highest BCUT2D eigenvalue weighted by atomic mass is 32.2. The van der Waals surface area contributed by atoms with Gasteiger partial charge in [-0.25, -0.2) is 17.9 Å². The zero-order chi connectivity index (χ0) is 30.1. The van der Waals surface area contributed by atoms with Crippen LogP contribution in [-0.4, -0.2) is 67.5 Å². The van der Waals surface area contributed by atoms with Crippen LogP contribution >= 0.6 is 0 Å². The second-order valence-electron chi connectivity index (χ2n) is 13.5. The predicted molar refractivity (Wildman–Crippen MR) is 153 cm³/mol. The predicted octanol–water partition coefficient (Wildman–Crippen LogP) is 3.43. The number of sulfonamides is 1. The van der Waals surface area contributed by atoms with Crippen molar-refractivity contribution in [1.82, 2.24) is 20.3 Å². The van der Waals surface area contributed by atoms with Gasteiger partial charge in [-0.15, -0.1) is 0 Å². The third-order valence-corrected chi connectivity index (χ3v) is 8.93. The number of likely N-dealkylation sites (tertiary alicyclic amines) is 1. The van der Waals surface area contributed by atoms with Crippen molar-refractivity contribution in [1.29, 1.82) is 0 Å². The Labute approximate surface area is 239 Å². The van der Waals surface area contributed by atoms with E-state index in [9.17, 15) is 22.8 Å². The van der Waals surface area contributed by atoms with Crippen LogP contribution in [0.2, 0.25) is 0 Å². The molecule has 0 bridgehead atoms. The molecule has 1 saturated carbocycles. The van der Waals surface area contributed by atoms with Crippen molar-refractivity contribution in [2.24, 2.45) is 17.3 Å². The summed E-state index contributed by atoms with van der Waals surface area (Å²) < 4.78 is 33.1. The van der Waals surface area contributed by atoms with Crippen molar-refractivity contribution in [3.05, 3.63) is 30.3 Å². The van der Waals surface area contributed by atoms with Gasteiger partial charge in [-0.3, -0.25) is 9.59 Å². The quantitative estimate of drug-likeness (QED) is 0.409. The Morgan fingerprint density at radius 3 is 2.15 bits per heavy atom. The molecule has 1 aromatic rings. The SMILES string of the molecule is CC(C)[C@@H]1C[C@@H](CNC2(C(=O)NS(=O)(=O)c3ccccc3)CC2)N(C(=O)[C@@H](NC(=O)OC(C)(C)C)C(C)(C)C)C1. The normalized spacial score (nSPS) is 21.6. The number of rotatable bonds is 9. The molecule has 0 aromatic heterocycles. The molecule has 3 rings (SSSR count). The molecule has 1 aliphatic carbocycles. The smallest absolute Gasteiger partial charge is 0.408 e. The van der Waals surface area contributed by atoms with Crippen LogP contribution in [0, 0.1) is 17.3 Å². The monoisotopic (exact) mass is 578 g/mol. The second kappa shape index (κ2) is 11.7. The van der Waals surface area contributed by atoms with Gasteiger partial charge in [0.15, 0.2) is 0 Å². The Balaban J connectivity index is 1.74. The van der Waals surface area contributed by atoms with E-state index in [1.54, 1.807) is 43.9 Å². The zero-order valence-electron chi connectivity index (χ0n) is 25.0. The van der Waals surface area contributed by atoms with Crippen LogP contribution in [0.25, 0.3) is 0 Å². The molecule has 0 unspecified atom stereocenters. The molecule has 3 amide bonds. The average Bonchev–Trinajstić information content (AvgIpc) is 3.50. The highest BCUT2D eigenvalue weighted by molar-refractivity contribution is 7.90. The van der Waals surface area contributed by atoms with Gasteiger partial charge in [0, 0.05) is 19.1 Å². The van der Waals surface area contributed by atoms with Gasteiger partial charge in [-0.1, -0.05) is 52.8 Å². The highest BCUT2D eigenvalue weighted by Gasteiger charge is 2.52. The molecular formula is C29H46N4O6S. The molecule has 3 atom stereocenters. The number of ether oxygens (including phenoxy) is 1. The molecule has 2 aliphatic rings. The number of nitrogens with zero attached hydrogens (tertiary/aromatic N) is 1. The van der Waals surface area contributed by atoms with Gasteiger partial charge in [0.05, 0.1) is 10.4 Å². The summed E-state index contributed by atoms with van der Waals surface area (Å²) in [6, 6.07) is 6.75. The second-order valence-corrected chi connectivity index (χ2v) is 15.2. The van der Waals surface area contributed by atoms with Gasteiger partial charge >= 0.3 is 6.09 Å². The van der Waals surface area contributed by atoms with E-state index in [0.29, 0.717) is 31.8 Å². The van der Waals surface area contributed by atoms with Gasteiger partial charge in [-0.05, 0) is 69.4 Å². The van der Waals surface area contributed by atoms with E-state index >= 15 is 0 Å². The van der Waals surface area contributed by atoms with Crippen LogP contribution in [0.4, 0.5) is 4.79 Å². The first-order valence-corrected chi connectivity index (χ1v) is 15.5. The number of benzene rings is 1. The van der Waals surface area contributed by atoms with Crippen LogP contribution in [0.15, 0.2) is 35.2 Å². The van der Waals surface area contributed by atoms with Crippen LogP contribution in [0.3, 0.4) is 0 Å². The van der Waals surface area contributed by atoms with Crippen molar-refractivity contribution in [2.45, 2.75) is 103 Å². The maximum absolute atomic E-state index is 14.0. The van der Waals surface area contributed by atoms with Crippen molar-refractivity contribution in [3.63, 3.8) is 0 Å². The Morgan fingerprint density at radius 2 is 1.65 bits per heavy atom. The topological polar surface area (TPSA) is 134 Å². The number of hydrogen-bond acceptors (Lipinski definition) is 7.